The second kappa shape index (κ2) is 17.1. The minimum atomic E-state index is -2.06. The van der Waals surface area contributed by atoms with Crippen molar-refractivity contribution in [1.82, 2.24) is 4.98 Å². The lowest BCUT2D eigenvalue weighted by molar-refractivity contribution is -0.160. The summed E-state index contributed by atoms with van der Waals surface area (Å²) in [7, 11) is 1.43. The van der Waals surface area contributed by atoms with E-state index in [0.717, 1.165) is 0 Å². The van der Waals surface area contributed by atoms with Crippen molar-refractivity contribution < 1.29 is 58.9 Å². The molecule has 16 heteroatoms. The van der Waals surface area contributed by atoms with Crippen LogP contribution in [0.3, 0.4) is 0 Å². The van der Waals surface area contributed by atoms with Crippen LogP contribution in [0.1, 0.15) is 70.0 Å². The molecule has 6 rings (SSSR count). The van der Waals surface area contributed by atoms with E-state index in [1.807, 2.05) is 0 Å². The fourth-order valence-corrected chi connectivity index (χ4v) is 7.75. The Kier molecular flexibility index (Phi) is 12.8. The summed E-state index contributed by atoms with van der Waals surface area (Å²) in [6, 6.07) is 0. The standard InChI is InChI=1S/C41H49N3O12S/c1-18-11-10-12-19(2)39(52)44-30-25(17-43-40-42-14-16-57-40)34(49)27-28(35(30)50)33(48)23(6)37-29(27)38(51)41(8,56-37)54-15-13-26(53-9)20(3)36(55-24(7)45)22(5)32(47)21(4)31(18)46/h10-18,20-22,26,31-32,36,46-50H,1-9H3,(H,44,52)/b11-10+,15-13+,19-12-,43-17?/t18-,20-,21+,22-,26-,31-,32+,36+,41-/m0/s1. The van der Waals surface area contributed by atoms with Gasteiger partial charge in [-0.25, -0.2) is 9.98 Å². The quantitative estimate of drug-likeness (QED) is 0.0775. The Balaban J connectivity index is 1.72. The Morgan fingerprint density at radius 1 is 1.00 bits per heavy atom. The van der Waals surface area contributed by atoms with E-state index in [0.29, 0.717) is 0 Å². The van der Waals surface area contributed by atoms with Crippen molar-refractivity contribution in [2.45, 2.75) is 85.6 Å². The third-order valence-corrected chi connectivity index (χ3v) is 11.4. The van der Waals surface area contributed by atoms with E-state index in [4.69, 9.17) is 18.9 Å². The van der Waals surface area contributed by atoms with Gasteiger partial charge in [0.05, 0.1) is 46.8 Å². The molecular formula is C41H49N3O12S. The van der Waals surface area contributed by atoms with E-state index in [9.17, 15) is 39.9 Å². The van der Waals surface area contributed by atoms with Gasteiger partial charge in [0.15, 0.2) is 5.75 Å². The lowest BCUT2D eigenvalue weighted by atomic mass is 9.78. The van der Waals surface area contributed by atoms with Gasteiger partial charge in [-0.1, -0.05) is 45.9 Å². The van der Waals surface area contributed by atoms with Crippen molar-refractivity contribution in [3.63, 3.8) is 0 Å². The average Bonchev–Trinajstić information content (AvgIpc) is 3.79. The number of aliphatic imine (C=N–C) groups is 1. The van der Waals surface area contributed by atoms with Crippen molar-refractivity contribution in [1.29, 1.82) is 0 Å². The first-order chi connectivity index (χ1) is 26.8. The molecule has 5 bridgehead atoms. The number of aromatic hydroxyl groups is 3. The van der Waals surface area contributed by atoms with Gasteiger partial charge >= 0.3 is 11.8 Å². The van der Waals surface area contributed by atoms with Crippen LogP contribution < -0.4 is 10.1 Å². The fraction of sp³-hybridized carbons (Fsp3) is 0.439. The number of thiazole rings is 1. The summed E-state index contributed by atoms with van der Waals surface area (Å²) in [5.41, 5.74) is -0.536. The largest absolute Gasteiger partial charge is 0.507 e. The van der Waals surface area contributed by atoms with Crippen LogP contribution in [0.2, 0.25) is 0 Å². The van der Waals surface area contributed by atoms with E-state index in [1.165, 1.54) is 77.0 Å². The number of phenols is 3. The number of aromatic nitrogens is 1. The number of amides is 1. The number of ketones is 1. The van der Waals surface area contributed by atoms with E-state index in [2.05, 4.69) is 15.3 Å². The number of phenolic OH excluding ortho intramolecular Hbond substituents is 3. The number of hydrogen-bond acceptors (Lipinski definition) is 15. The fourth-order valence-electron chi connectivity index (χ4n) is 7.27. The minimum Gasteiger partial charge on any atom is -0.507 e. The summed E-state index contributed by atoms with van der Waals surface area (Å²) in [6.07, 6.45) is 6.15. The van der Waals surface area contributed by atoms with Crippen molar-refractivity contribution >= 4 is 56.8 Å². The highest BCUT2D eigenvalue weighted by Gasteiger charge is 2.50. The summed E-state index contributed by atoms with van der Waals surface area (Å²) in [4.78, 5) is 48.7. The number of benzene rings is 2. The first-order valence-electron chi connectivity index (χ1n) is 18.4. The Morgan fingerprint density at radius 2 is 1.70 bits per heavy atom. The predicted octanol–water partition coefficient (Wildman–Crippen LogP) is 5.96. The third-order valence-electron chi connectivity index (χ3n) is 10.8. The smallest absolute Gasteiger partial charge is 0.312 e. The number of fused-ring (bicyclic) bond motifs is 14. The van der Waals surface area contributed by atoms with Crippen molar-refractivity contribution in [2.75, 3.05) is 12.4 Å². The zero-order chi connectivity index (χ0) is 42.1. The summed E-state index contributed by atoms with van der Waals surface area (Å²) in [6.45, 7) is 12.4. The van der Waals surface area contributed by atoms with E-state index in [1.54, 1.807) is 45.2 Å². The molecule has 3 aliphatic rings. The Morgan fingerprint density at radius 3 is 2.33 bits per heavy atom. The van der Waals surface area contributed by atoms with Gasteiger partial charge in [-0.3, -0.25) is 14.4 Å². The number of esters is 1. The molecule has 0 spiro atoms. The maximum Gasteiger partial charge on any atom is 0.312 e. The van der Waals surface area contributed by atoms with Crippen LogP contribution >= 0.6 is 11.3 Å². The SMILES string of the molecule is CO[C@H]1/C=C/O[C@@]2(C)Oc3c(C)c(O)c4c(O)c(c(C=Nc5nccs5)c(O)c4c3C2=O)NC(=O)/C(C)=C\C=C\[C@H](C)[C@H](O)[C@@H](C)[C@@H](O)[C@H](C)[C@H](OC(C)=O)[C@H]1C. The number of hydrogen-bond donors (Lipinski definition) is 6. The number of allylic oxidation sites excluding steroid dienone is 2. The molecule has 0 radical (unpaired) electrons. The molecule has 4 heterocycles. The van der Waals surface area contributed by atoms with Crippen LogP contribution in [0.4, 0.5) is 10.8 Å². The van der Waals surface area contributed by atoms with Crippen LogP contribution in [0, 0.1) is 30.6 Å². The number of nitrogens with zero attached hydrogens (tertiary/aromatic N) is 2. The molecule has 1 amide bonds. The molecule has 9 atom stereocenters. The molecule has 3 aliphatic heterocycles. The lowest BCUT2D eigenvalue weighted by Gasteiger charge is -2.38. The van der Waals surface area contributed by atoms with Crippen LogP contribution in [0.15, 0.2) is 52.7 Å². The van der Waals surface area contributed by atoms with Gasteiger partial charge in [-0.2, -0.15) is 0 Å². The molecule has 2 aromatic carbocycles. The number of ether oxygens (including phenoxy) is 4. The van der Waals surface area contributed by atoms with Crippen molar-refractivity contribution in [3.8, 4) is 23.0 Å². The zero-order valence-corrected chi connectivity index (χ0v) is 34.0. The van der Waals surface area contributed by atoms with E-state index < -0.39 is 88.8 Å². The molecule has 57 heavy (non-hydrogen) atoms. The van der Waals surface area contributed by atoms with Crippen LogP contribution in [-0.4, -0.2) is 91.7 Å². The molecule has 0 fully saturated rings. The second-order valence-electron chi connectivity index (χ2n) is 14.7. The first kappa shape index (κ1) is 42.8. The number of carbonyl (C=O) groups excluding carboxylic acids is 3. The molecule has 15 nitrogen and oxygen atoms in total. The number of aliphatic hydroxyl groups excluding tert-OH is 2. The second-order valence-corrected chi connectivity index (χ2v) is 15.6. The summed E-state index contributed by atoms with van der Waals surface area (Å²) < 4.78 is 23.5. The highest BCUT2D eigenvalue weighted by molar-refractivity contribution is 7.13. The molecule has 1 aromatic heterocycles. The number of aliphatic hydroxyl groups is 2. The number of methoxy groups -OCH3 is 1. The molecule has 0 saturated heterocycles. The number of rotatable bonds is 4. The molecule has 6 N–H and O–H groups in total. The van der Waals surface area contributed by atoms with Crippen LogP contribution in [0.25, 0.3) is 10.8 Å². The number of carbonyl (C=O) groups is 3. The Labute approximate surface area is 334 Å². The van der Waals surface area contributed by atoms with Crippen LogP contribution in [0.5, 0.6) is 23.0 Å². The van der Waals surface area contributed by atoms with E-state index in [-0.39, 0.29) is 49.6 Å². The lowest BCUT2D eigenvalue weighted by Crippen LogP contribution is -2.46. The Hall–Kier alpha value is -5.29. The molecule has 0 aliphatic carbocycles. The summed E-state index contributed by atoms with van der Waals surface area (Å²) >= 11 is 1.18. The average molecular weight is 808 g/mol. The first-order valence-corrected chi connectivity index (χ1v) is 19.2. The topological polar surface area (TPSA) is 227 Å². The minimum absolute atomic E-state index is 0.0377. The molecule has 0 unspecified atom stereocenters. The molecular weight excluding hydrogens is 759 g/mol. The van der Waals surface area contributed by atoms with Crippen molar-refractivity contribution in [3.05, 3.63) is 64.4 Å². The Bertz CT molecular complexity index is 2160. The predicted molar refractivity (Wildman–Crippen MR) is 213 cm³/mol. The number of Topliss-reactive ketones (excluding diaryl/α,β-unsaturated/α-hetero) is 1. The zero-order valence-electron chi connectivity index (χ0n) is 33.1. The van der Waals surface area contributed by atoms with Crippen LogP contribution in [-0.2, 0) is 23.8 Å². The van der Waals surface area contributed by atoms with E-state index >= 15 is 0 Å². The molecule has 3 aromatic rings. The normalized spacial score (nSPS) is 30.8. The van der Waals surface area contributed by atoms with Crippen molar-refractivity contribution in [2.24, 2.45) is 28.7 Å². The third kappa shape index (κ3) is 8.26. The maximum absolute atomic E-state index is 14.3. The monoisotopic (exact) mass is 807 g/mol. The molecule has 0 saturated carbocycles. The molecule has 306 valence electrons. The summed E-state index contributed by atoms with van der Waals surface area (Å²) in [5, 5.41) is 62.0. The maximum atomic E-state index is 14.3. The number of anilines is 1. The van der Waals surface area contributed by atoms with Gasteiger partial charge in [0, 0.05) is 78.9 Å². The van der Waals surface area contributed by atoms with Gasteiger partial charge < -0.3 is 49.8 Å². The van der Waals surface area contributed by atoms with Gasteiger partial charge in [0.1, 0.15) is 23.4 Å². The van der Waals surface area contributed by atoms with Gasteiger partial charge in [-0.05, 0) is 19.9 Å². The van der Waals surface area contributed by atoms with Gasteiger partial charge in [0.2, 0.25) is 5.13 Å². The summed E-state index contributed by atoms with van der Waals surface area (Å²) in [5.74, 6) is -8.57. The highest BCUT2D eigenvalue weighted by atomic mass is 32.1. The van der Waals surface area contributed by atoms with Gasteiger partial charge in [0.25, 0.3) is 11.7 Å². The van der Waals surface area contributed by atoms with Gasteiger partial charge in [-0.15, -0.1) is 11.3 Å². The highest BCUT2D eigenvalue weighted by Crippen LogP contribution is 2.55. The number of nitrogens with one attached hydrogen (secondary N) is 1.